The van der Waals surface area contributed by atoms with E-state index in [2.05, 4.69) is 0 Å². The van der Waals surface area contributed by atoms with Crippen molar-refractivity contribution in [3.63, 3.8) is 0 Å². The molecule has 2 aromatic carbocycles. The number of β-lactam (4-membered cyclic amide) rings is 1. The second kappa shape index (κ2) is 7.06. The summed E-state index contributed by atoms with van der Waals surface area (Å²) in [6, 6.07) is 13.6. The molecule has 2 atom stereocenters. The predicted octanol–water partition coefficient (Wildman–Crippen LogP) is 2.77. The van der Waals surface area contributed by atoms with Crippen LogP contribution in [0.4, 0.5) is 5.69 Å². The van der Waals surface area contributed by atoms with Crippen LogP contribution in [0.2, 0.25) is 0 Å². The lowest BCUT2D eigenvalue weighted by molar-refractivity contribution is -0.124. The molecule has 4 rings (SSSR count). The molecular weight excluding hydrogens is 541 g/mol. The van der Waals surface area contributed by atoms with Gasteiger partial charge in [-0.25, -0.2) is 16.8 Å². The average molecular weight is 559 g/mol. The first-order chi connectivity index (χ1) is 14.1. The maximum atomic E-state index is 13.7. The number of sulfone groups is 2. The van der Waals surface area contributed by atoms with Gasteiger partial charge in [-0.2, -0.15) is 0 Å². The number of carbonyl (C=O) groups excluding carboxylic acids is 1. The van der Waals surface area contributed by atoms with Crippen molar-refractivity contribution in [3.8, 4) is 5.75 Å². The van der Waals surface area contributed by atoms with E-state index in [1.165, 1.54) is 18.9 Å². The Bertz CT molecular complexity index is 1270. The molecule has 1 saturated heterocycles. The SMILES string of the molecule is CCS(=O)(=O)[C@@]12C(=O)N(c3ccc(OC)cc3)[C@@H]1C(I)=C(c1ccccc1)S2(=O)=O. The fourth-order valence-electron chi connectivity index (χ4n) is 4.03. The number of rotatable bonds is 5. The van der Waals surface area contributed by atoms with Crippen LogP contribution in [0.25, 0.3) is 4.91 Å². The van der Waals surface area contributed by atoms with Crippen LogP contribution >= 0.6 is 22.6 Å². The summed E-state index contributed by atoms with van der Waals surface area (Å²) in [7, 11) is -7.29. The number of ether oxygens (including phenoxy) is 1. The van der Waals surface area contributed by atoms with Crippen LogP contribution in [0.15, 0.2) is 58.2 Å². The molecule has 2 aliphatic heterocycles. The third kappa shape index (κ3) is 2.50. The first-order valence-corrected chi connectivity index (χ1v) is 13.3. The van der Waals surface area contributed by atoms with Gasteiger partial charge in [0.05, 0.1) is 12.0 Å². The fourth-order valence-corrected chi connectivity index (χ4v) is 11.6. The highest BCUT2D eigenvalue weighted by Gasteiger charge is 2.81. The molecular formula is C20H18INO6S2. The van der Waals surface area contributed by atoms with Gasteiger partial charge in [-0.15, -0.1) is 0 Å². The summed E-state index contributed by atoms with van der Waals surface area (Å²) in [6.45, 7) is 1.35. The van der Waals surface area contributed by atoms with Crippen LogP contribution in [0.3, 0.4) is 0 Å². The van der Waals surface area contributed by atoms with Gasteiger partial charge < -0.3 is 4.74 Å². The van der Waals surface area contributed by atoms with E-state index in [0.717, 1.165) is 0 Å². The first-order valence-electron chi connectivity index (χ1n) is 9.05. The summed E-state index contributed by atoms with van der Waals surface area (Å²) in [5.41, 5.74) is 0.774. The van der Waals surface area contributed by atoms with Gasteiger partial charge in [-0.1, -0.05) is 37.3 Å². The number of anilines is 1. The van der Waals surface area contributed by atoms with Gasteiger partial charge in [0.1, 0.15) is 11.8 Å². The standard InChI is InChI=1S/C20H18INO6S2/c1-3-29(24,25)20-18(22(19(20)23)14-9-11-15(28-2)12-10-14)16(21)17(30(20,26)27)13-7-5-4-6-8-13/h4-12,18H,3H2,1-2H3/t18-,20+/m1/s1. The lowest BCUT2D eigenvalue weighted by Gasteiger charge is -2.50. The molecule has 1 fully saturated rings. The molecule has 0 spiro atoms. The maximum Gasteiger partial charge on any atom is 0.280 e. The normalized spacial score (nSPS) is 25.1. The first kappa shape index (κ1) is 21.3. The van der Waals surface area contributed by atoms with Crippen molar-refractivity contribution in [1.82, 2.24) is 0 Å². The fraction of sp³-hybridized carbons (Fsp3) is 0.250. The predicted molar refractivity (Wildman–Crippen MR) is 123 cm³/mol. The molecule has 2 heterocycles. The van der Waals surface area contributed by atoms with E-state index < -0.39 is 41.5 Å². The minimum atomic E-state index is -4.50. The Labute approximate surface area is 188 Å². The van der Waals surface area contributed by atoms with E-state index in [9.17, 15) is 21.6 Å². The molecule has 0 bridgehead atoms. The Morgan fingerprint density at radius 2 is 1.70 bits per heavy atom. The molecule has 10 heteroatoms. The third-order valence-corrected chi connectivity index (χ3v) is 12.7. The second-order valence-corrected chi connectivity index (χ2v) is 12.8. The van der Waals surface area contributed by atoms with E-state index in [1.54, 1.807) is 54.6 Å². The van der Waals surface area contributed by atoms with Gasteiger partial charge in [0.2, 0.25) is 9.84 Å². The largest absolute Gasteiger partial charge is 0.497 e. The van der Waals surface area contributed by atoms with Crippen molar-refractivity contribution in [2.24, 2.45) is 0 Å². The molecule has 7 nitrogen and oxygen atoms in total. The van der Waals surface area contributed by atoms with Crippen molar-refractivity contribution >= 4 is 58.8 Å². The van der Waals surface area contributed by atoms with Gasteiger partial charge in [0.25, 0.3) is 9.99 Å². The Hall–Kier alpha value is -1.92. The summed E-state index contributed by atoms with van der Waals surface area (Å²) < 4.78 is 56.5. The summed E-state index contributed by atoms with van der Waals surface area (Å²) in [5.74, 6) is -0.843. The van der Waals surface area contributed by atoms with Crippen LogP contribution < -0.4 is 9.64 Å². The molecule has 1 amide bonds. The third-order valence-electron chi connectivity index (χ3n) is 5.49. The molecule has 0 N–H and O–H groups in total. The van der Waals surface area contributed by atoms with E-state index in [1.807, 2.05) is 22.6 Å². The Morgan fingerprint density at radius 1 is 1.10 bits per heavy atom. The van der Waals surface area contributed by atoms with E-state index in [0.29, 0.717) is 20.6 Å². The zero-order valence-electron chi connectivity index (χ0n) is 16.1. The number of carbonyl (C=O) groups is 1. The van der Waals surface area contributed by atoms with Gasteiger partial charge in [-0.05, 0) is 52.4 Å². The Morgan fingerprint density at radius 3 is 2.23 bits per heavy atom. The van der Waals surface area contributed by atoms with Crippen LogP contribution in [0, 0.1) is 0 Å². The van der Waals surface area contributed by atoms with E-state index >= 15 is 0 Å². The molecule has 158 valence electrons. The summed E-state index contributed by atoms with van der Waals surface area (Å²) in [6.07, 6.45) is 0. The van der Waals surface area contributed by atoms with Crippen molar-refractivity contribution in [2.75, 3.05) is 17.8 Å². The smallest absolute Gasteiger partial charge is 0.280 e. The number of halogens is 1. The number of hydrogen-bond donors (Lipinski definition) is 0. The van der Waals surface area contributed by atoms with E-state index in [-0.39, 0.29) is 4.91 Å². The van der Waals surface area contributed by atoms with Crippen molar-refractivity contribution in [2.45, 2.75) is 17.0 Å². The van der Waals surface area contributed by atoms with Crippen molar-refractivity contribution in [3.05, 3.63) is 63.7 Å². The molecule has 2 aliphatic rings. The van der Waals surface area contributed by atoms with Gasteiger partial charge in [-0.3, -0.25) is 9.69 Å². The van der Waals surface area contributed by atoms with Crippen molar-refractivity contribution < 1.29 is 26.4 Å². The van der Waals surface area contributed by atoms with Gasteiger partial charge in [0, 0.05) is 15.0 Å². The summed E-state index contributed by atoms with van der Waals surface area (Å²) in [4.78, 5) is 14.5. The summed E-state index contributed by atoms with van der Waals surface area (Å²) >= 11 is 1.87. The molecule has 0 radical (unpaired) electrons. The lowest BCUT2D eigenvalue weighted by atomic mass is 9.97. The van der Waals surface area contributed by atoms with Crippen LogP contribution in [-0.4, -0.2) is 45.7 Å². The number of benzene rings is 2. The monoisotopic (exact) mass is 559 g/mol. The number of fused-ring (bicyclic) bond motifs is 1. The number of hydrogen-bond acceptors (Lipinski definition) is 6. The zero-order chi connectivity index (χ0) is 21.9. The maximum absolute atomic E-state index is 13.7. The number of amides is 1. The molecule has 30 heavy (non-hydrogen) atoms. The highest BCUT2D eigenvalue weighted by molar-refractivity contribution is 14.1. The molecule has 2 aromatic rings. The summed E-state index contributed by atoms with van der Waals surface area (Å²) in [5, 5.41) is 0. The van der Waals surface area contributed by atoms with Crippen LogP contribution in [0.1, 0.15) is 12.5 Å². The van der Waals surface area contributed by atoms with Crippen LogP contribution in [0.5, 0.6) is 5.75 Å². The van der Waals surface area contributed by atoms with Crippen molar-refractivity contribution in [1.29, 1.82) is 0 Å². The molecule has 0 saturated carbocycles. The second-order valence-electron chi connectivity index (χ2n) is 6.89. The zero-order valence-corrected chi connectivity index (χ0v) is 19.9. The Balaban J connectivity index is 1.98. The van der Waals surface area contributed by atoms with E-state index in [4.69, 9.17) is 4.74 Å². The quantitative estimate of drug-likeness (QED) is 0.413. The highest BCUT2D eigenvalue weighted by atomic mass is 127. The number of nitrogens with zero attached hydrogens (tertiary/aromatic N) is 1. The van der Waals surface area contributed by atoms with Crippen LogP contribution in [-0.2, 0) is 24.5 Å². The molecule has 0 aromatic heterocycles. The lowest BCUT2D eigenvalue weighted by Crippen LogP contribution is -2.78. The molecule has 0 unspecified atom stereocenters. The Kier molecular flexibility index (Phi) is 5.02. The minimum Gasteiger partial charge on any atom is -0.497 e. The minimum absolute atomic E-state index is 0.102. The van der Waals surface area contributed by atoms with Gasteiger partial charge >= 0.3 is 0 Å². The number of methoxy groups -OCH3 is 1. The molecule has 0 aliphatic carbocycles. The van der Waals surface area contributed by atoms with Gasteiger partial charge in [0.15, 0.2) is 9.84 Å². The topological polar surface area (TPSA) is 97.8 Å². The highest BCUT2D eigenvalue weighted by Crippen LogP contribution is 2.59. The average Bonchev–Trinajstić information content (AvgIpc) is 2.89.